The Labute approximate surface area is 81.6 Å². The predicted octanol–water partition coefficient (Wildman–Crippen LogP) is 0.861. The zero-order valence-corrected chi connectivity index (χ0v) is 8.10. The summed E-state index contributed by atoms with van der Waals surface area (Å²) in [6.45, 7) is 3.93. The van der Waals surface area contributed by atoms with Crippen LogP contribution in [0.2, 0.25) is 0 Å². The first-order chi connectivity index (χ1) is 6.68. The molecule has 0 saturated carbocycles. The lowest BCUT2D eigenvalue weighted by atomic mass is 10.2. The lowest BCUT2D eigenvalue weighted by molar-refractivity contribution is 0.855. The smallest absolute Gasteiger partial charge is 0.239 e. The maximum atomic E-state index is 5.45. The summed E-state index contributed by atoms with van der Waals surface area (Å²) in [6.07, 6.45) is 3.36. The number of rotatable bonds is 1. The van der Waals surface area contributed by atoms with Gasteiger partial charge in [-0.1, -0.05) is 0 Å². The van der Waals surface area contributed by atoms with Crippen molar-refractivity contribution in [3.8, 4) is 5.69 Å². The van der Waals surface area contributed by atoms with Crippen LogP contribution in [0, 0.1) is 13.8 Å². The van der Waals surface area contributed by atoms with Crippen molar-refractivity contribution in [2.45, 2.75) is 13.8 Å². The molecule has 0 unspecified atom stereocenters. The van der Waals surface area contributed by atoms with Gasteiger partial charge in [0.2, 0.25) is 5.95 Å². The number of aryl methyl sites for hydroxylation is 2. The molecule has 2 aromatic rings. The first-order valence-corrected chi connectivity index (χ1v) is 4.28. The average Bonchev–Trinajstić information content (AvgIpc) is 2.51. The van der Waals surface area contributed by atoms with Crippen LogP contribution in [0.25, 0.3) is 5.69 Å². The Morgan fingerprint density at radius 3 is 2.64 bits per heavy atom. The van der Waals surface area contributed by atoms with Crippen molar-refractivity contribution in [2.75, 3.05) is 5.73 Å². The van der Waals surface area contributed by atoms with Crippen molar-refractivity contribution in [1.29, 1.82) is 0 Å². The molecule has 0 amide bonds. The van der Waals surface area contributed by atoms with Gasteiger partial charge in [0.1, 0.15) is 6.33 Å². The highest BCUT2D eigenvalue weighted by Crippen LogP contribution is 2.15. The molecule has 0 radical (unpaired) electrons. The van der Waals surface area contributed by atoms with Crippen molar-refractivity contribution in [2.24, 2.45) is 0 Å². The van der Waals surface area contributed by atoms with Gasteiger partial charge in [0.05, 0.1) is 11.4 Å². The Balaban J connectivity index is 2.61. The second-order valence-electron chi connectivity index (χ2n) is 3.11. The van der Waals surface area contributed by atoms with Gasteiger partial charge in [-0.3, -0.25) is 4.98 Å². The number of anilines is 1. The van der Waals surface area contributed by atoms with Crippen LogP contribution in [0.3, 0.4) is 0 Å². The number of nitrogens with zero attached hydrogens (tertiary/aromatic N) is 4. The zero-order chi connectivity index (χ0) is 10.1. The molecule has 0 spiro atoms. The number of aromatic nitrogens is 4. The van der Waals surface area contributed by atoms with Gasteiger partial charge < -0.3 is 5.73 Å². The highest BCUT2D eigenvalue weighted by Gasteiger charge is 2.06. The summed E-state index contributed by atoms with van der Waals surface area (Å²) >= 11 is 0. The highest BCUT2D eigenvalue weighted by molar-refractivity contribution is 5.42. The van der Waals surface area contributed by atoms with Crippen molar-refractivity contribution >= 4 is 5.95 Å². The topological polar surface area (TPSA) is 69.6 Å². The van der Waals surface area contributed by atoms with E-state index in [-0.39, 0.29) is 5.95 Å². The molecule has 72 valence electrons. The van der Waals surface area contributed by atoms with E-state index in [9.17, 15) is 0 Å². The molecule has 2 aromatic heterocycles. The molecule has 0 atom stereocenters. The normalized spacial score (nSPS) is 10.4. The van der Waals surface area contributed by atoms with E-state index in [2.05, 4.69) is 15.1 Å². The molecule has 5 heteroatoms. The molecule has 0 fully saturated rings. The minimum absolute atomic E-state index is 0.271. The van der Waals surface area contributed by atoms with E-state index in [1.165, 1.54) is 0 Å². The third kappa shape index (κ3) is 1.32. The predicted molar refractivity (Wildman–Crippen MR) is 53.0 cm³/mol. The monoisotopic (exact) mass is 189 g/mol. The van der Waals surface area contributed by atoms with E-state index in [4.69, 9.17) is 5.73 Å². The van der Waals surface area contributed by atoms with E-state index in [1.807, 2.05) is 19.9 Å². The van der Waals surface area contributed by atoms with Crippen molar-refractivity contribution in [3.63, 3.8) is 0 Å². The van der Waals surface area contributed by atoms with Crippen LogP contribution >= 0.6 is 0 Å². The molecule has 0 aliphatic heterocycles. The Hall–Kier alpha value is -1.91. The molecule has 0 bridgehead atoms. The van der Waals surface area contributed by atoms with Gasteiger partial charge in [-0.15, -0.1) is 5.10 Å². The summed E-state index contributed by atoms with van der Waals surface area (Å²) < 4.78 is 1.65. The van der Waals surface area contributed by atoms with E-state index >= 15 is 0 Å². The lowest BCUT2D eigenvalue weighted by Gasteiger charge is -2.06. The molecule has 2 N–H and O–H groups in total. The third-order valence-electron chi connectivity index (χ3n) is 2.05. The van der Waals surface area contributed by atoms with E-state index in [1.54, 1.807) is 17.2 Å². The number of nitrogens with two attached hydrogens (primary N) is 1. The third-order valence-corrected chi connectivity index (χ3v) is 2.05. The molecule has 14 heavy (non-hydrogen) atoms. The SMILES string of the molecule is Cc1ccnc(C)c1-n1cnc(N)n1. The fourth-order valence-electron chi connectivity index (χ4n) is 1.42. The molecule has 0 aromatic carbocycles. The second-order valence-corrected chi connectivity index (χ2v) is 3.11. The summed E-state index contributed by atoms with van der Waals surface area (Å²) in [5, 5.41) is 4.05. The zero-order valence-electron chi connectivity index (χ0n) is 8.10. The van der Waals surface area contributed by atoms with Crippen LogP contribution in [0.5, 0.6) is 0 Å². The van der Waals surface area contributed by atoms with Gasteiger partial charge in [-0.25, -0.2) is 9.67 Å². The summed E-state index contributed by atoms with van der Waals surface area (Å²) in [5.41, 5.74) is 8.41. The maximum Gasteiger partial charge on any atom is 0.239 e. The van der Waals surface area contributed by atoms with Gasteiger partial charge >= 0.3 is 0 Å². The Kier molecular flexibility index (Phi) is 1.92. The summed E-state index contributed by atoms with van der Waals surface area (Å²) in [5.74, 6) is 0.271. The first kappa shape index (κ1) is 8.68. The summed E-state index contributed by atoms with van der Waals surface area (Å²) in [7, 11) is 0. The van der Waals surface area contributed by atoms with Crippen LogP contribution in [-0.2, 0) is 0 Å². The lowest BCUT2D eigenvalue weighted by Crippen LogP contribution is -2.02. The fourth-order valence-corrected chi connectivity index (χ4v) is 1.42. The highest BCUT2D eigenvalue weighted by atomic mass is 15.4. The van der Waals surface area contributed by atoms with Gasteiger partial charge in [-0.05, 0) is 25.5 Å². The number of hydrogen-bond donors (Lipinski definition) is 1. The van der Waals surface area contributed by atoms with Gasteiger partial charge in [0, 0.05) is 6.20 Å². The minimum Gasteiger partial charge on any atom is -0.366 e. The molecular weight excluding hydrogens is 178 g/mol. The van der Waals surface area contributed by atoms with Gasteiger partial charge in [-0.2, -0.15) is 0 Å². The molecule has 0 saturated heterocycles. The maximum absolute atomic E-state index is 5.45. The van der Waals surface area contributed by atoms with Crippen molar-refractivity contribution < 1.29 is 0 Å². The van der Waals surface area contributed by atoms with E-state index in [0.29, 0.717) is 0 Å². The van der Waals surface area contributed by atoms with E-state index < -0.39 is 0 Å². The van der Waals surface area contributed by atoms with Gasteiger partial charge in [0.25, 0.3) is 0 Å². The number of nitrogen functional groups attached to an aromatic ring is 1. The quantitative estimate of drug-likeness (QED) is 0.722. The second kappa shape index (κ2) is 3.10. The Morgan fingerprint density at radius 1 is 1.29 bits per heavy atom. The minimum atomic E-state index is 0.271. The first-order valence-electron chi connectivity index (χ1n) is 4.28. The van der Waals surface area contributed by atoms with Crippen LogP contribution in [0.1, 0.15) is 11.3 Å². The van der Waals surface area contributed by atoms with Crippen LogP contribution in [0.15, 0.2) is 18.6 Å². The van der Waals surface area contributed by atoms with Gasteiger partial charge in [0.15, 0.2) is 0 Å². The molecular formula is C9H11N5. The van der Waals surface area contributed by atoms with Crippen LogP contribution in [0.4, 0.5) is 5.95 Å². The Morgan fingerprint density at radius 2 is 2.07 bits per heavy atom. The van der Waals surface area contributed by atoms with Crippen molar-refractivity contribution in [3.05, 3.63) is 29.8 Å². The Bertz CT molecular complexity index is 440. The summed E-state index contributed by atoms with van der Waals surface area (Å²) in [6, 6.07) is 1.93. The van der Waals surface area contributed by atoms with Crippen LogP contribution in [-0.4, -0.2) is 19.7 Å². The molecule has 0 aliphatic rings. The number of pyridine rings is 1. The van der Waals surface area contributed by atoms with Crippen LogP contribution < -0.4 is 5.73 Å². The molecule has 2 heterocycles. The standard InChI is InChI=1S/C9H11N5/c1-6-3-4-11-7(2)8(6)14-5-12-9(10)13-14/h3-5H,1-2H3,(H2,10,13). The van der Waals surface area contributed by atoms with Crippen molar-refractivity contribution in [1.82, 2.24) is 19.7 Å². The summed E-state index contributed by atoms with van der Waals surface area (Å²) in [4.78, 5) is 8.07. The fraction of sp³-hybridized carbons (Fsp3) is 0.222. The number of hydrogen-bond acceptors (Lipinski definition) is 4. The largest absolute Gasteiger partial charge is 0.366 e. The molecule has 2 rings (SSSR count). The molecule has 5 nitrogen and oxygen atoms in total. The van der Waals surface area contributed by atoms with E-state index in [0.717, 1.165) is 16.9 Å². The molecule has 0 aliphatic carbocycles. The average molecular weight is 189 g/mol.